The summed E-state index contributed by atoms with van der Waals surface area (Å²) < 4.78 is 77.1. The van der Waals surface area contributed by atoms with Gasteiger partial charge in [-0.15, -0.1) is 0 Å². The average molecular weight is 468 g/mol. The zero-order valence-corrected chi connectivity index (χ0v) is 17.1. The van der Waals surface area contributed by atoms with Crippen LogP contribution in [0.1, 0.15) is 5.56 Å². The molecule has 0 unspecified atom stereocenters. The number of nitrogens with two attached hydrogens (primary N) is 1. The number of sulfonamides is 2. The van der Waals surface area contributed by atoms with Gasteiger partial charge in [0.05, 0.1) is 28.2 Å². The molecule has 0 fully saturated rings. The molecule has 0 amide bonds. The maximum atomic E-state index is 14.4. The quantitative estimate of drug-likeness (QED) is 0.444. The summed E-state index contributed by atoms with van der Waals surface area (Å²) in [5, 5.41) is 10.3. The predicted molar refractivity (Wildman–Crippen MR) is 109 cm³/mol. The summed E-state index contributed by atoms with van der Waals surface area (Å²) in [6.07, 6.45) is 0.829. The maximum absolute atomic E-state index is 14.4. The first-order chi connectivity index (χ1) is 14.5. The van der Waals surface area contributed by atoms with E-state index >= 15 is 0 Å². The van der Waals surface area contributed by atoms with Crippen molar-refractivity contribution >= 4 is 48.9 Å². The Labute approximate surface area is 175 Å². The van der Waals surface area contributed by atoms with Gasteiger partial charge in [-0.1, -0.05) is 6.07 Å². The van der Waals surface area contributed by atoms with Gasteiger partial charge in [-0.2, -0.15) is 4.98 Å². The highest BCUT2D eigenvalue weighted by Gasteiger charge is 2.25. The third-order valence-electron chi connectivity index (χ3n) is 4.22. The van der Waals surface area contributed by atoms with Crippen LogP contribution in [0.5, 0.6) is 0 Å². The molecule has 162 valence electrons. The second-order valence-electron chi connectivity index (χ2n) is 6.56. The Kier molecular flexibility index (Phi) is 4.99. The third-order valence-corrected chi connectivity index (χ3v) is 6.35. The van der Waals surface area contributed by atoms with Gasteiger partial charge < -0.3 is 10.6 Å². The fourth-order valence-electron chi connectivity index (χ4n) is 2.86. The Morgan fingerprint density at radius 3 is 2.61 bits per heavy atom. The highest BCUT2D eigenvalue weighted by atomic mass is 32.2. The summed E-state index contributed by atoms with van der Waals surface area (Å²) in [5.41, 5.74) is 0.491. The van der Waals surface area contributed by atoms with E-state index in [1.807, 2.05) is 0 Å². The lowest BCUT2D eigenvalue weighted by atomic mass is 10.1. The lowest BCUT2D eigenvalue weighted by Gasteiger charge is -2.11. The zero-order valence-electron chi connectivity index (χ0n) is 15.4. The average Bonchev–Trinajstić information content (AvgIpc) is 2.97. The number of anilines is 5. The van der Waals surface area contributed by atoms with Crippen molar-refractivity contribution in [1.82, 2.24) is 9.97 Å². The molecule has 14 heteroatoms. The minimum Gasteiger partial charge on any atom is -0.335 e. The zero-order chi connectivity index (χ0) is 22.4. The van der Waals surface area contributed by atoms with Crippen LogP contribution in [0.4, 0.5) is 37.6 Å². The Bertz CT molecular complexity index is 1410. The van der Waals surface area contributed by atoms with Crippen LogP contribution in [0.25, 0.3) is 0 Å². The van der Waals surface area contributed by atoms with E-state index in [2.05, 4.69) is 25.3 Å². The molecule has 3 aromatic rings. The van der Waals surface area contributed by atoms with Gasteiger partial charge in [0.15, 0.2) is 11.6 Å². The first-order valence-corrected chi connectivity index (χ1v) is 11.7. The summed E-state index contributed by atoms with van der Waals surface area (Å²) in [4.78, 5) is 7.54. The minimum atomic E-state index is -3.93. The molecule has 0 spiro atoms. The monoisotopic (exact) mass is 468 g/mol. The molecule has 1 aromatic heterocycles. The van der Waals surface area contributed by atoms with E-state index in [9.17, 15) is 25.6 Å². The molecule has 10 nitrogen and oxygen atoms in total. The van der Waals surface area contributed by atoms with Crippen molar-refractivity contribution in [2.24, 2.45) is 5.14 Å². The first-order valence-electron chi connectivity index (χ1n) is 8.52. The van der Waals surface area contributed by atoms with Gasteiger partial charge in [0.2, 0.25) is 26.0 Å². The van der Waals surface area contributed by atoms with Crippen molar-refractivity contribution in [3.8, 4) is 0 Å². The van der Waals surface area contributed by atoms with Gasteiger partial charge in [0, 0.05) is 5.69 Å². The fraction of sp³-hybridized carbons (Fsp3) is 0.0588. The van der Waals surface area contributed by atoms with Crippen LogP contribution in [0, 0.1) is 11.6 Å². The number of nitrogens with zero attached hydrogens (tertiary/aromatic N) is 2. The van der Waals surface area contributed by atoms with Crippen LogP contribution in [0.2, 0.25) is 0 Å². The van der Waals surface area contributed by atoms with Gasteiger partial charge >= 0.3 is 0 Å². The number of fused-ring (bicyclic) bond motifs is 1. The smallest absolute Gasteiger partial charge is 0.238 e. The molecule has 0 aliphatic carbocycles. The van der Waals surface area contributed by atoms with E-state index in [0.717, 1.165) is 12.3 Å². The van der Waals surface area contributed by atoms with Gasteiger partial charge in [-0.25, -0.2) is 35.7 Å². The molecule has 0 saturated heterocycles. The van der Waals surface area contributed by atoms with Crippen LogP contribution < -0.4 is 20.5 Å². The van der Waals surface area contributed by atoms with E-state index in [4.69, 9.17) is 5.14 Å². The molecule has 0 atom stereocenters. The molecule has 0 radical (unpaired) electrons. The molecular formula is C17H14F2N6O4S2. The van der Waals surface area contributed by atoms with Gasteiger partial charge in [0.25, 0.3) is 0 Å². The van der Waals surface area contributed by atoms with Crippen molar-refractivity contribution in [3.63, 3.8) is 0 Å². The summed E-state index contributed by atoms with van der Waals surface area (Å²) in [6, 6.07) is 7.71. The van der Waals surface area contributed by atoms with Crippen LogP contribution in [0.15, 0.2) is 47.5 Å². The van der Waals surface area contributed by atoms with E-state index in [1.54, 1.807) is 0 Å². The van der Waals surface area contributed by atoms with Crippen molar-refractivity contribution < 1.29 is 25.6 Å². The van der Waals surface area contributed by atoms with Crippen LogP contribution in [-0.4, -0.2) is 26.8 Å². The summed E-state index contributed by atoms with van der Waals surface area (Å²) in [7, 11) is -7.52. The Balaban J connectivity index is 1.62. The molecule has 0 bridgehead atoms. The topological polar surface area (TPSA) is 156 Å². The van der Waals surface area contributed by atoms with E-state index in [-0.39, 0.29) is 45.0 Å². The highest BCUT2D eigenvalue weighted by Crippen LogP contribution is 2.33. The van der Waals surface area contributed by atoms with E-state index in [0.29, 0.717) is 0 Å². The van der Waals surface area contributed by atoms with Crippen molar-refractivity contribution in [2.45, 2.75) is 10.6 Å². The van der Waals surface area contributed by atoms with Crippen LogP contribution >= 0.6 is 0 Å². The molecule has 4 rings (SSSR count). The molecule has 1 aliphatic rings. The van der Waals surface area contributed by atoms with Crippen molar-refractivity contribution in [3.05, 3.63) is 59.8 Å². The van der Waals surface area contributed by atoms with E-state index in [1.165, 1.54) is 30.3 Å². The number of benzene rings is 2. The predicted octanol–water partition coefficient (Wildman–Crippen LogP) is 2.14. The van der Waals surface area contributed by atoms with Crippen LogP contribution in [-0.2, 0) is 25.8 Å². The Hall–Kier alpha value is -3.36. The number of hydrogen-bond donors (Lipinski definition) is 4. The molecular weight excluding hydrogens is 454 g/mol. The molecule has 31 heavy (non-hydrogen) atoms. The molecule has 5 N–H and O–H groups in total. The number of halogens is 2. The van der Waals surface area contributed by atoms with Crippen LogP contribution in [0.3, 0.4) is 0 Å². The molecule has 1 aliphatic heterocycles. The normalized spacial score (nSPS) is 14.5. The van der Waals surface area contributed by atoms with Gasteiger partial charge in [0.1, 0.15) is 5.82 Å². The highest BCUT2D eigenvalue weighted by molar-refractivity contribution is 7.92. The number of primary sulfonamides is 1. The summed E-state index contributed by atoms with van der Waals surface area (Å²) >= 11 is 0. The van der Waals surface area contributed by atoms with Gasteiger partial charge in [-0.05, 0) is 35.9 Å². The Morgan fingerprint density at radius 2 is 1.87 bits per heavy atom. The van der Waals surface area contributed by atoms with Crippen molar-refractivity contribution in [2.75, 3.05) is 15.4 Å². The number of nitrogens with one attached hydrogen (secondary N) is 3. The molecule has 2 aromatic carbocycles. The largest absolute Gasteiger partial charge is 0.335 e. The lowest BCUT2D eigenvalue weighted by molar-refractivity contribution is 0.597. The molecule has 2 heterocycles. The molecule has 0 saturated carbocycles. The number of aromatic nitrogens is 2. The number of hydrogen-bond acceptors (Lipinski definition) is 8. The standard InChI is InChI=1S/C17H14F2N6O4S2/c18-12-4-9-8-30(26,27)25-14(9)6-15(12)23-16-13(19)7-21-17(24-16)22-10-2-1-3-11(5-10)31(20,28)29/h1-7,25H,8H2,(H2,20,28,29)(H2,21,22,23,24). The third kappa shape index (κ3) is 4.55. The summed E-state index contributed by atoms with van der Waals surface area (Å²) in [6.45, 7) is 0. The Morgan fingerprint density at radius 1 is 1.10 bits per heavy atom. The van der Waals surface area contributed by atoms with E-state index < -0.39 is 31.7 Å². The second kappa shape index (κ2) is 7.40. The fourth-order valence-corrected chi connectivity index (χ4v) is 4.66. The van der Waals surface area contributed by atoms with Gasteiger partial charge in [-0.3, -0.25) is 4.72 Å². The summed E-state index contributed by atoms with van der Waals surface area (Å²) in [5.74, 6) is -2.56. The number of rotatable bonds is 5. The first kappa shape index (κ1) is 20.9. The second-order valence-corrected chi connectivity index (χ2v) is 9.85. The van der Waals surface area contributed by atoms with Crippen molar-refractivity contribution in [1.29, 1.82) is 0 Å². The lowest BCUT2D eigenvalue weighted by Crippen LogP contribution is -2.12. The maximum Gasteiger partial charge on any atom is 0.238 e. The minimum absolute atomic E-state index is 0.113. The SMILES string of the molecule is NS(=O)(=O)c1cccc(Nc2ncc(F)c(Nc3cc4c(cc3F)CS(=O)(=O)N4)n2)c1.